The van der Waals surface area contributed by atoms with E-state index in [1.807, 2.05) is 0 Å². The van der Waals surface area contributed by atoms with E-state index in [1.165, 1.54) is 4.31 Å². The lowest BCUT2D eigenvalue weighted by molar-refractivity contribution is -0.125. The van der Waals surface area contributed by atoms with Crippen LogP contribution in [0.4, 0.5) is 11.4 Å². The summed E-state index contributed by atoms with van der Waals surface area (Å²) in [4.78, 5) is 25.3. The third-order valence-corrected chi connectivity index (χ3v) is 6.12. The minimum absolute atomic E-state index is 0.0867. The van der Waals surface area contributed by atoms with Gasteiger partial charge in [-0.05, 0) is 31.0 Å². The van der Waals surface area contributed by atoms with Gasteiger partial charge in [0, 0.05) is 25.3 Å². The predicted octanol–water partition coefficient (Wildman–Crippen LogP) is -0.0131. The molecule has 2 amide bonds. The van der Waals surface area contributed by atoms with Crippen molar-refractivity contribution in [3.63, 3.8) is 0 Å². The van der Waals surface area contributed by atoms with Gasteiger partial charge in [-0.25, -0.2) is 8.42 Å². The monoisotopic (exact) mass is 366 g/mol. The smallest absolute Gasteiger partial charge is 0.238 e. The normalized spacial score (nSPS) is 20.8. The van der Waals surface area contributed by atoms with Crippen molar-refractivity contribution >= 4 is 33.2 Å². The van der Waals surface area contributed by atoms with Gasteiger partial charge in [0.15, 0.2) is 0 Å². The maximum Gasteiger partial charge on any atom is 0.238 e. The second-order valence-electron chi connectivity index (χ2n) is 6.25. The first-order valence-corrected chi connectivity index (χ1v) is 9.94. The second kappa shape index (κ2) is 7.40. The minimum atomic E-state index is -3.28. The molecule has 0 bridgehead atoms. The van der Waals surface area contributed by atoms with Gasteiger partial charge >= 0.3 is 0 Å². The first-order valence-electron chi connectivity index (χ1n) is 8.33. The number of anilines is 2. The number of amides is 2. The molecule has 2 aliphatic rings. The molecule has 0 atom stereocenters. The molecule has 2 N–H and O–H groups in total. The molecule has 0 unspecified atom stereocenters. The largest absolute Gasteiger partial charge is 0.354 e. The summed E-state index contributed by atoms with van der Waals surface area (Å²) in [6.07, 6.45) is 1.51. The number of carbonyl (C=O) groups is 2. The van der Waals surface area contributed by atoms with Gasteiger partial charge in [0.05, 0.1) is 24.5 Å². The highest BCUT2D eigenvalue weighted by atomic mass is 32.2. The highest BCUT2D eigenvalue weighted by molar-refractivity contribution is 7.92. The Bertz CT molecular complexity index is 765. The molecule has 2 heterocycles. The molecule has 0 radical (unpaired) electrons. The lowest BCUT2D eigenvalue weighted by atomic mass is 10.2. The van der Waals surface area contributed by atoms with Crippen molar-refractivity contribution in [2.75, 3.05) is 48.1 Å². The molecular weight excluding hydrogens is 344 g/mol. The summed E-state index contributed by atoms with van der Waals surface area (Å²) < 4.78 is 25.8. The Balaban J connectivity index is 1.65. The molecule has 3 rings (SSSR count). The molecule has 0 aliphatic carbocycles. The Kier molecular flexibility index (Phi) is 5.24. The van der Waals surface area contributed by atoms with Gasteiger partial charge in [-0.2, -0.15) is 0 Å². The van der Waals surface area contributed by atoms with Crippen LogP contribution in [0.1, 0.15) is 12.8 Å². The molecule has 25 heavy (non-hydrogen) atoms. The molecule has 2 aliphatic heterocycles. The van der Waals surface area contributed by atoms with E-state index >= 15 is 0 Å². The standard InChI is InChI=1S/C16H22N4O4S/c21-15-11-19(8-6-17-15)12-16(22)18-13-4-3-5-14(10-13)20-7-1-2-9-25(20,23)24/h3-5,10H,1-2,6-9,11-12H2,(H,17,21)(H,18,22). The molecule has 8 nitrogen and oxygen atoms in total. The fraction of sp³-hybridized carbons (Fsp3) is 0.500. The number of carbonyl (C=O) groups excluding carboxylic acids is 2. The molecule has 2 saturated heterocycles. The van der Waals surface area contributed by atoms with E-state index in [2.05, 4.69) is 10.6 Å². The van der Waals surface area contributed by atoms with E-state index in [1.54, 1.807) is 29.2 Å². The van der Waals surface area contributed by atoms with Crippen molar-refractivity contribution < 1.29 is 18.0 Å². The number of nitrogens with one attached hydrogen (secondary N) is 2. The van der Waals surface area contributed by atoms with Crippen LogP contribution < -0.4 is 14.9 Å². The fourth-order valence-corrected chi connectivity index (χ4v) is 4.68. The number of hydrogen-bond acceptors (Lipinski definition) is 5. The van der Waals surface area contributed by atoms with Crippen LogP contribution in [0.25, 0.3) is 0 Å². The number of benzene rings is 1. The Morgan fingerprint density at radius 3 is 2.84 bits per heavy atom. The molecule has 9 heteroatoms. The molecule has 1 aromatic rings. The van der Waals surface area contributed by atoms with Crippen LogP contribution in [0.5, 0.6) is 0 Å². The maximum absolute atomic E-state index is 12.2. The zero-order valence-electron chi connectivity index (χ0n) is 13.9. The molecular formula is C16H22N4O4S. The van der Waals surface area contributed by atoms with Crippen molar-refractivity contribution in [1.82, 2.24) is 10.2 Å². The first kappa shape index (κ1) is 17.7. The lowest BCUT2D eigenvalue weighted by Gasteiger charge is -2.28. The van der Waals surface area contributed by atoms with E-state index in [0.717, 1.165) is 6.42 Å². The molecule has 0 spiro atoms. The van der Waals surface area contributed by atoms with Gasteiger partial charge in [0.1, 0.15) is 0 Å². The van der Waals surface area contributed by atoms with E-state index in [0.29, 0.717) is 37.4 Å². The van der Waals surface area contributed by atoms with E-state index in [9.17, 15) is 18.0 Å². The van der Waals surface area contributed by atoms with Gasteiger partial charge in [-0.1, -0.05) is 6.07 Å². The molecule has 136 valence electrons. The third-order valence-electron chi connectivity index (χ3n) is 4.25. The van der Waals surface area contributed by atoms with Crippen LogP contribution in [-0.4, -0.2) is 63.6 Å². The zero-order valence-corrected chi connectivity index (χ0v) is 14.7. The minimum Gasteiger partial charge on any atom is -0.354 e. The van der Waals surface area contributed by atoms with Crippen LogP contribution in [0.2, 0.25) is 0 Å². The van der Waals surface area contributed by atoms with Crippen LogP contribution >= 0.6 is 0 Å². The topological polar surface area (TPSA) is 98.8 Å². The summed E-state index contributed by atoms with van der Waals surface area (Å²) in [6, 6.07) is 6.85. The number of piperazine rings is 1. The first-order chi connectivity index (χ1) is 11.9. The molecule has 1 aromatic carbocycles. The maximum atomic E-state index is 12.2. The van der Waals surface area contributed by atoms with Crippen LogP contribution in [-0.2, 0) is 19.6 Å². The summed E-state index contributed by atoms with van der Waals surface area (Å²) in [6.45, 7) is 1.96. The SMILES string of the molecule is O=C1CN(CC(=O)Nc2cccc(N3CCCCS3(=O)=O)c2)CCN1. The van der Waals surface area contributed by atoms with E-state index < -0.39 is 10.0 Å². The summed E-state index contributed by atoms with van der Waals surface area (Å²) in [5.41, 5.74) is 1.11. The highest BCUT2D eigenvalue weighted by Gasteiger charge is 2.26. The van der Waals surface area contributed by atoms with Crippen molar-refractivity contribution in [2.45, 2.75) is 12.8 Å². The highest BCUT2D eigenvalue weighted by Crippen LogP contribution is 2.25. The zero-order chi connectivity index (χ0) is 17.9. The van der Waals surface area contributed by atoms with Crippen LogP contribution in [0, 0.1) is 0 Å². The quantitative estimate of drug-likeness (QED) is 0.781. The predicted molar refractivity (Wildman–Crippen MR) is 94.9 cm³/mol. The molecule has 2 fully saturated rings. The van der Waals surface area contributed by atoms with Crippen LogP contribution in [0.3, 0.4) is 0 Å². The van der Waals surface area contributed by atoms with Crippen molar-refractivity contribution in [1.29, 1.82) is 0 Å². The third kappa shape index (κ3) is 4.49. The van der Waals surface area contributed by atoms with Crippen LogP contribution in [0.15, 0.2) is 24.3 Å². The van der Waals surface area contributed by atoms with E-state index in [-0.39, 0.29) is 30.7 Å². The summed E-state index contributed by atoms with van der Waals surface area (Å²) in [5, 5.41) is 5.49. The van der Waals surface area contributed by atoms with E-state index in [4.69, 9.17) is 0 Å². The van der Waals surface area contributed by atoms with Gasteiger partial charge in [0.2, 0.25) is 21.8 Å². The second-order valence-corrected chi connectivity index (χ2v) is 8.27. The average molecular weight is 366 g/mol. The number of nitrogens with zero attached hydrogens (tertiary/aromatic N) is 2. The Morgan fingerprint density at radius 1 is 1.24 bits per heavy atom. The van der Waals surface area contributed by atoms with Gasteiger partial charge in [0.25, 0.3) is 0 Å². The molecule has 0 aromatic heterocycles. The van der Waals surface area contributed by atoms with Crippen molar-refractivity contribution in [3.05, 3.63) is 24.3 Å². The summed E-state index contributed by atoms with van der Waals surface area (Å²) >= 11 is 0. The molecule has 0 saturated carbocycles. The average Bonchev–Trinajstić information content (AvgIpc) is 2.54. The van der Waals surface area contributed by atoms with Gasteiger partial charge in [-0.15, -0.1) is 0 Å². The summed E-state index contributed by atoms with van der Waals surface area (Å²) in [5.74, 6) is -0.162. The Morgan fingerprint density at radius 2 is 2.08 bits per heavy atom. The van der Waals surface area contributed by atoms with Gasteiger partial charge < -0.3 is 10.6 Å². The number of sulfonamides is 1. The lowest BCUT2D eigenvalue weighted by Crippen LogP contribution is -2.49. The number of rotatable bonds is 4. The van der Waals surface area contributed by atoms with Gasteiger partial charge in [-0.3, -0.25) is 18.8 Å². The Hall–Kier alpha value is -2.13. The fourth-order valence-electron chi connectivity index (χ4n) is 3.05. The number of hydrogen-bond donors (Lipinski definition) is 2. The Labute approximate surface area is 147 Å². The van der Waals surface area contributed by atoms with Crippen molar-refractivity contribution in [2.24, 2.45) is 0 Å². The summed E-state index contributed by atoms with van der Waals surface area (Å²) in [7, 11) is -3.28. The van der Waals surface area contributed by atoms with Crippen molar-refractivity contribution in [3.8, 4) is 0 Å².